The van der Waals surface area contributed by atoms with E-state index in [-0.39, 0.29) is 31.3 Å². The molecule has 3 aromatic heterocycles. The van der Waals surface area contributed by atoms with Crippen LogP contribution in [0.5, 0.6) is 0 Å². The third kappa shape index (κ3) is 7.92. The fourth-order valence-electron chi connectivity index (χ4n) is 8.46. The van der Waals surface area contributed by atoms with Crippen LogP contribution in [0.25, 0.3) is 66.4 Å². The molecule has 8 aromatic rings. The van der Waals surface area contributed by atoms with E-state index >= 15 is 4.39 Å². The predicted molar refractivity (Wildman–Crippen MR) is 230 cm³/mol. The van der Waals surface area contributed by atoms with Gasteiger partial charge < -0.3 is 9.40 Å². The van der Waals surface area contributed by atoms with E-state index in [9.17, 15) is 0 Å². The van der Waals surface area contributed by atoms with E-state index in [0.717, 1.165) is 39.0 Å². The first-order valence-corrected chi connectivity index (χ1v) is 26.8. The third-order valence-corrected chi connectivity index (χ3v) is 16.1. The van der Waals surface area contributed by atoms with Gasteiger partial charge in [0.15, 0.2) is 0 Å². The third-order valence-electron chi connectivity index (χ3n) is 11.6. The average molecular weight is 976 g/mol. The summed E-state index contributed by atoms with van der Waals surface area (Å²) in [6, 6.07) is 42.8. The van der Waals surface area contributed by atoms with E-state index in [1.165, 1.54) is 52.0 Å². The molecule has 56 heavy (non-hydrogen) atoms. The maximum absolute atomic E-state index is 15.3. The smallest absolute Gasteiger partial charge is 0 e. The molecule has 0 unspecified atom stereocenters. The Bertz CT molecular complexity index is 2650. The molecule has 1 aliphatic carbocycles. The van der Waals surface area contributed by atoms with Gasteiger partial charge >= 0.3 is 129 Å². The number of pyridine rings is 2. The molecule has 3 nitrogen and oxygen atoms in total. The van der Waals surface area contributed by atoms with Crippen molar-refractivity contribution in [1.29, 1.82) is 0 Å². The maximum atomic E-state index is 15.3. The van der Waals surface area contributed by atoms with Crippen molar-refractivity contribution in [3.8, 4) is 33.6 Å². The molecule has 0 N–H and O–H groups in total. The summed E-state index contributed by atoms with van der Waals surface area (Å²) in [6.07, 6.45) is 9.20. The van der Waals surface area contributed by atoms with E-state index in [2.05, 4.69) is 110 Å². The Morgan fingerprint density at radius 1 is 0.768 bits per heavy atom. The first-order valence-electron chi connectivity index (χ1n) is 19.4. The van der Waals surface area contributed by atoms with Crippen LogP contribution in [-0.2, 0) is 25.5 Å². The van der Waals surface area contributed by atoms with Crippen LogP contribution in [0, 0.1) is 30.8 Å². The summed E-state index contributed by atoms with van der Waals surface area (Å²) in [4.78, 5) is 9.38. The Hall–Kier alpha value is -4.42. The van der Waals surface area contributed by atoms with E-state index in [1.807, 2.05) is 60.8 Å². The number of fused-ring (bicyclic) bond motifs is 4. The molecule has 6 heteroatoms. The van der Waals surface area contributed by atoms with Gasteiger partial charge in [0, 0.05) is 31.7 Å². The normalized spacial score (nSPS) is 13.5. The monoisotopic (exact) mass is 977 g/mol. The number of aromatic nitrogens is 2. The first-order chi connectivity index (χ1) is 26.5. The van der Waals surface area contributed by atoms with E-state index in [0.29, 0.717) is 22.5 Å². The Morgan fingerprint density at radius 3 is 2.27 bits per heavy atom. The van der Waals surface area contributed by atoms with Crippen molar-refractivity contribution in [3.05, 3.63) is 151 Å². The number of halogens is 1. The van der Waals surface area contributed by atoms with Crippen LogP contribution in [0.4, 0.5) is 4.39 Å². The van der Waals surface area contributed by atoms with Crippen molar-refractivity contribution in [1.82, 2.24) is 9.97 Å². The molecule has 1 fully saturated rings. The van der Waals surface area contributed by atoms with Crippen LogP contribution in [0.15, 0.2) is 126 Å². The molecule has 285 valence electrons. The summed E-state index contributed by atoms with van der Waals surface area (Å²) in [5.74, 6) is 7.64. The van der Waals surface area contributed by atoms with Crippen molar-refractivity contribution in [3.63, 3.8) is 0 Å². The van der Waals surface area contributed by atoms with Crippen LogP contribution in [0.3, 0.4) is 0 Å². The summed E-state index contributed by atoms with van der Waals surface area (Å²) in [5.41, 5.74) is 9.55. The largest absolute Gasteiger partial charge is 0 e. The van der Waals surface area contributed by atoms with Gasteiger partial charge in [-0.1, -0.05) is 68.5 Å². The number of benzene rings is 5. The molecule has 0 spiro atoms. The van der Waals surface area contributed by atoms with Crippen molar-refractivity contribution < 1.29 is 28.9 Å². The summed E-state index contributed by atoms with van der Waals surface area (Å²) < 4.78 is 22.9. The Morgan fingerprint density at radius 2 is 1.52 bits per heavy atom. The second-order valence-electron chi connectivity index (χ2n) is 16.6. The first kappa shape index (κ1) is 39.8. The quantitative estimate of drug-likeness (QED) is 0.123. The fraction of sp³-hybridized carbons (Fsp3) is 0.240. The van der Waals surface area contributed by atoms with Gasteiger partial charge in [-0.3, -0.25) is 0 Å². The number of hydrogen-bond donors (Lipinski definition) is 0. The summed E-state index contributed by atoms with van der Waals surface area (Å²) in [5, 5.41) is 3.72. The predicted octanol–water partition coefficient (Wildman–Crippen LogP) is 13.3. The van der Waals surface area contributed by atoms with Crippen molar-refractivity contribution in [2.75, 3.05) is 0 Å². The molecular weight excluding hydrogens is 928 g/mol. The molecule has 0 bridgehead atoms. The van der Waals surface area contributed by atoms with Gasteiger partial charge in [-0.15, -0.1) is 23.8 Å². The topological polar surface area (TPSA) is 38.9 Å². The molecule has 3 heterocycles. The molecule has 0 aliphatic heterocycles. The number of hydrogen-bond acceptors (Lipinski definition) is 3. The van der Waals surface area contributed by atoms with Crippen LogP contribution >= 0.6 is 0 Å². The Labute approximate surface area is 346 Å². The molecule has 0 saturated heterocycles. The standard InChI is InChI=1S/C31H27FNO.C19H20GeN.Ir/c1-31(2,23-10-6-7-11-23)24-14-15-33-27(19-24)21-12-13-28-25(16-21)30-26(32)17-22(18-29(30)34-28)20-8-4-3-5-9-20;1-14-12-19(21-13-18(14)20(2,3)4)17-11-7-9-15-8-5-6-10-16(15)17;/h3-5,8-9,13-19,23H,6-7,10-11H2,1-2H3;5-10,12-13H,1-4H3;/q2*-1;. The second kappa shape index (κ2) is 16.2. The Kier molecular flexibility index (Phi) is 11.5. The van der Waals surface area contributed by atoms with Crippen molar-refractivity contribution in [2.24, 2.45) is 5.92 Å². The van der Waals surface area contributed by atoms with Crippen LogP contribution in [-0.4, -0.2) is 23.2 Å². The van der Waals surface area contributed by atoms with Crippen LogP contribution < -0.4 is 4.40 Å². The van der Waals surface area contributed by atoms with Crippen molar-refractivity contribution >= 4 is 50.4 Å². The minimum absolute atomic E-state index is 0. The van der Waals surface area contributed by atoms with E-state index < -0.39 is 13.3 Å². The molecule has 0 amide bonds. The fourth-order valence-corrected chi connectivity index (χ4v) is 12.0. The maximum Gasteiger partial charge on any atom is 0 e. The van der Waals surface area contributed by atoms with Gasteiger partial charge in [-0.2, -0.15) is 0 Å². The molecule has 1 aliphatic rings. The average Bonchev–Trinajstić information content (AvgIpc) is 3.87. The van der Waals surface area contributed by atoms with Gasteiger partial charge in [-0.05, 0) is 64.8 Å². The Balaban J connectivity index is 0.000000188. The zero-order chi connectivity index (χ0) is 38.3. The number of rotatable bonds is 6. The van der Waals surface area contributed by atoms with E-state index in [4.69, 9.17) is 9.40 Å². The summed E-state index contributed by atoms with van der Waals surface area (Å²) in [7, 11) is 0. The summed E-state index contributed by atoms with van der Waals surface area (Å²) in [6.45, 7) is 6.90. The molecule has 5 aromatic carbocycles. The van der Waals surface area contributed by atoms with Crippen LogP contribution in [0.1, 0.15) is 50.7 Å². The molecule has 1 saturated carbocycles. The second-order valence-corrected chi connectivity index (χ2v) is 27.2. The van der Waals surface area contributed by atoms with Gasteiger partial charge in [-0.25, -0.2) is 4.39 Å². The summed E-state index contributed by atoms with van der Waals surface area (Å²) >= 11 is -1.84. The molecular formula is C50H47FGeIrN2O-2. The zero-order valence-corrected chi connectivity index (χ0v) is 37.5. The number of furan rings is 1. The molecule has 1 radical (unpaired) electrons. The van der Waals surface area contributed by atoms with Gasteiger partial charge in [0.2, 0.25) is 0 Å². The zero-order valence-electron chi connectivity index (χ0n) is 33.0. The van der Waals surface area contributed by atoms with Gasteiger partial charge in [0.1, 0.15) is 11.4 Å². The van der Waals surface area contributed by atoms with Gasteiger partial charge in [0.25, 0.3) is 0 Å². The number of aryl methyl sites for hydroxylation is 1. The van der Waals surface area contributed by atoms with E-state index in [1.54, 1.807) is 6.07 Å². The van der Waals surface area contributed by atoms with Gasteiger partial charge in [0.05, 0.1) is 5.58 Å². The SMILES string of the molecule is CC(C)(c1ccnc(-c2[c-]cc3oc4cc(-c5ccccc5)cc(F)c4c3c2)c1)C1CCCC1.Cc1cc(-c2[c-]ccc3ccccc23)nc[c]1[Ge]([CH3])([CH3])[CH3].[Ir]. The minimum Gasteiger partial charge on any atom is 0 e. The molecule has 9 rings (SSSR count). The van der Waals surface area contributed by atoms with Crippen LogP contribution in [0.2, 0.25) is 17.3 Å². The minimum atomic E-state index is -1.84. The number of nitrogens with zero attached hydrogens (tertiary/aromatic N) is 2. The molecule has 0 atom stereocenters. The van der Waals surface area contributed by atoms with Crippen molar-refractivity contribution in [2.45, 2.75) is 69.1 Å².